The van der Waals surface area contributed by atoms with E-state index in [1.165, 1.54) is 36.4 Å². The minimum atomic E-state index is -4.75. The number of hydrogen-bond donors (Lipinski definition) is 1. The Hall–Kier alpha value is -2.73. The van der Waals surface area contributed by atoms with Gasteiger partial charge in [0.2, 0.25) is 0 Å². The van der Waals surface area contributed by atoms with Gasteiger partial charge in [-0.25, -0.2) is 9.78 Å². The van der Waals surface area contributed by atoms with Crippen LogP contribution in [0.3, 0.4) is 0 Å². The first kappa shape index (κ1) is 17.6. The number of halogens is 3. The van der Waals surface area contributed by atoms with E-state index in [9.17, 15) is 18.0 Å². The van der Waals surface area contributed by atoms with Crippen molar-refractivity contribution in [2.45, 2.75) is 17.1 Å². The first-order chi connectivity index (χ1) is 11.3. The van der Waals surface area contributed by atoms with Crippen LogP contribution in [0.5, 0.6) is 5.75 Å². The van der Waals surface area contributed by atoms with Crippen molar-refractivity contribution in [1.29, 1.82) is 5.26 Å². The van der Waals surface area contributed by atoms with E-state index >= 15 is 0 Å². The number of aromatic carboxylic acids is 1. The normalized spacial score (nSPS) is 10.9. The lowest BCUT2D eigenvalue weighted by atomic mass is 10.2. The average Bonchev–Trinajstić information content (AvgIpc) is 2.52. The first-order valence-electron chi connectivity index (χ1n) is 6.40. The van der Waals surface area contributed by atoms with Crippen LogP contribution in [0.15, 0.2) is 41.4 Å². The molecule has 24 heavy (non-hydrogen) atoms. The van der Waals surface area contributed by atoms with Crippen LogP contribution in [0.4, 0.5) is 13.2 Å². The summed E-state index contributed by atoms with van der Waals surface area (Å²) in [7, 11) is 0. The van der Waals surface area contributed by atoms with E-state index in [1.807, 2.05) is 6.07 Å². The van der Waals surface area contributed by atoms with Crippen LogP contribution in [0.25, 0.3) is 0 Å². The number of aromatic nitrogens is 1. The minimum absolute atomic E-state index is 0.189. The van der Waals surface area contributed by atoms with Crippen LogP contribution in [0, 0.1) is 11.3 Å². The molecule has 0 unspecified atom stereocenters. The minimum Gasteiger partial charge on any atom is -0.477 e. The highest BCUT2D eigenvalue weighted by Crippen LogP contribution is 2.27. The van der Waals surface area contributed by atoms with Crippen molar-refractivity contribution in [3.05, 3.63) is 53.2 Å². The molecule has 9 heteroatoms. The molecule has 0 aliphatic heterocycles. The Morgan fingerprint density at radius 2 is 1.92 bits per heavy atom. The Labute approximate surface area is 138 Å². The van der Waals surface area contributed by atoms with E-state index in [2.05, 4.69) is 9.72 Å². The quantitative estimate of drug-likeness (QED) is 0.822. The van der Waals surface area contributed by atoms with Crippen molar-refractivity contribution < 1.29 is 27.8 Å². The Balaban J connectivity index is 2.09. The molecular weight excluding hydrogens is 345 g/mol. The molecule has 124 valence electrons. The van der Waals surface area contributed by atoms with Gasteiger partial charge in [0.15, 0.2) is 0 Å². The van der Waals surface area contributed by atoms with Gasteiger partial charge in [0.1, 0.15) is 22.5 Å². The SMILES string of the molecule is N#Cc1ccc(C(=O)O)nc1SCc1ccc(OC(F)(F)F)cc1. The lowest BCUT2D eigenvalue weighted by molar-refractivity contribution is -0.274. The molecule has 0 saturated carbocycles. The number of carboxylic acid groups (broad SMARTS) is 1. The van der Waals surface area contributed by atoms with Crippen molar-refractivity contribution in [1.82, 2.24) is 4.98 Å². The zero-order chi connectivity index (χ0) is 17.7. The van der Waals surface area contributed by atoms with Gasteiger partial charge in [-0.1, -0.05) is 12.1 Å². The Bertz CT molecular complexity index is 786. The number of carboxylic acids is 1. The lowest BCUT2D eigenvalue weighted by Gasteiger charge is -2.09. The maximum absolute atomic E-state index is 12.1. The maximum Gasteiger partial charge on any atom is 0.573 e. The molecule has 0 bridgehead atoms. The largest absolute Gasteiger partial charge is 0.573 e. The molecule has 1 aromatic carbocycles. The summed E-state index contributed by atoms with van der Waals surface area (Å²) in [6, 6.07) is 9.75. The summed E-state index contributed by atoms with van der Waals surface area (Å²) in [5.41, 5.74) is 0.702. The molecule has 0 amide bonds. The zero-order valence-electron chi connectivity index (χ0n) is 11.9. The van der Waals surface area contributed by atoms with E-state index < -0.39 is 12.3 Å². The standard InChI is InChI=1S/C15H9F3N2O3S/c16-15(17,18)23-11-4-1-9(2-5-11)8-24-13-10(7-19)3-6-12(20-13)14(21)22/h1-6H,8H2,(H,21,22). The smallest absolute Gasteiger partial charge is 0.477 e. The molecule has 0 atom stereocenters. The Morgan fingerprint density at radius 3 is 2.46 bits per heavy atom. The van der Waals surface area contributed by atoms with E-state index in [4.69, 9.17) is 10.4 Å². The van der Waals surface area contributed by atoms with E-state index in [0.29, 0.717) is 11.3 Å². The number of rotatable bonds is 5. The summed E-state index contributed by atoms with van der Waals surface area (Å²) >= 11 is 1.12. The monoisotopic (exact) mass is 354 g/mol. The lowest BCUT2D eigenvalue weighted by Crippen LogP contribution is -2.16. The number of nitrogens with zero attached hydrogens (tertiary/aromatic N) is 2. The summed E-state index contributed by atoms with van der Waals surface area (Å²) in [6.07, 6.45) is -4.75. The van der Waals surface area contributed by atoms with Crippen LogP contribution in [-0.2, 0) is 5.75 Å². The molecule has 0 saturated heterocycles. The molecule has 1 N–H and O–H groups in total. The van der Waals surface area contributed by atoms with E-state index in [0.717, 1.165) is 11.8 Å². The Kier molecular flexibility index (Phi) is 5.31. The number of hydrogen-bond acceptors (Lipinski definition) is 5. The van der Waals surface area contributed by atoms with E-state index in [-0.39, 0.29) is 22.0 Å². The van der Waals surface area contributed by atoms with Crippen LogP contribution in [0.2, 0.25) is 0 Å². The number of pyridine rings is 1. The van der Waals surface area contributed by atoms with Gasteiger partial charge in [-0.2, -0.15) is 5.26 Å². The second-order valence-electron chi connectivity index (χ2n) is 4.45. The summed E-state index contributed by atoms with van der Waals surface area (Å²) in [4.78, 5) is 14.8. The van der Waals surface area contributed by atoms with Gasteiger partial charge >= 0.3 is 12.3 Å². The fourth-order valence-corrected chi connectivity index (χ4v) is 2.62. The fourth-order valence-electron chi connectivity index (χ4n) is 1.69. The van der Waals surface area contributed by atoms with Gasteiger partial charge in [0.25, 0.3) is 0 Å². The van der Waals surface area contributed by atoms with Crippen LogP contribution in [0.1, 0.15) is 21.6 Å². The van der Waals surface area contributed by atoms with Crippen LogP contribution >= 0.6 is 11.8 Å². The molecule has 1 aromatic heterocycles. The average molecular weight is 354 g/mol. The number of carbonyl (C=O) groups is 1. The van der Waals surface area contributed by atoms with Crippen molar-refractivity contribution in [2.24, 2.45) is 0 Å². The molecule has 0 radical (unpaired) electrons. The molecular formula is C15H9F3N2O3S. The molecule has 0 aliphatic carbocycles. The van der Waals surface area contributed by atoms with Crippen molar-refractivity contribution in [2.75, 3.05) is 0 Å². The van der Waals surface area contributed by atoms with Crippen molar-refractivity contribution in [3.63, 3.8) is 0 Å². The predicted octanol–water partition coefficient (Wildman–Crippen LogP) is 3.84. The van der Waals surface area contributed by atoms with Crippen molar-refractivity contribution in [3.8, 4) is 11.8 Å². The van der Waals surface area contributed by atoms with Crippen molar-refractivity contribution >= 4 is 17.7 Å². The first-order valence-corrected chi connectivity index (χ1v) is 7.39. The van der Waals surface area contributed by atoms with Gasteiger partial charge in [-0.3, -0.25) is 0 Å². The second kappa shape index (κ2) is 7.23. The third-order valence-corrected chi connectivity index (χ3v) is 3.79. The summed E-state index contributed by atoms with van der Waals surface area (Å²) in [5.74, 6) is -1.24. The highest BCUT2D eigenvalue weighted by Gasteiger charge is 2.30. The molecule has 0 spiro atoms. The van der Waals surface area contributed by atoms with Gasteiger partial charge in [-0.15, -0.1) is 24.9 Å². The summed E-state index contributed by atoms with van der Waals surface area (Å²) in [5, 5.41) is 18.2. The predicted molar refractivity (Wildman–Crippen MR) is 78.6 cm³/mol. The molecule has 1 heterocycles. The molecule has 2 aromatic rings. The molecule has 0 aliphatic rings. The van der Waals surface area contributed by atoms with Gasteiger partial charge in [-0.05, 0) is 29.8 Å². The fraction of sp³-hybridized carbons (Fsp3) is 0.133. The van der Waals surface area contributed by atoms with Crippen LogP contribution in [-0.4, -0.2) is 22.4 Å². The molecule has 2 rings (SSSR count). The van der Waals surface area contributed by atoms with E-state index in [1.54, 1.807) is 0 Å². The highest BCUT2D eigenvalue weighted by atomic mass is 32.2. The summed E-state index contributed by atoms with van der Waals surface area (Å²) < 4.78 is 40.0. The maximum atomic E-state index is 12.1. The van der Waals surface area contributed by atoms with Gasteiger partial charge in [0.05, 0.1) is 5.56 Å². The number of benzene rings is 1. The highest BCUT2D eigenvalue weighted by molar-refractivity contribution is 7.98. The third kappa shape index (κ3) is 4.89. The summed E-state index contributed by atoms with van der Waals surface area (Å²) in [6.45, 7) is 0. The zero-order valence-corrected chi connectivity index (χ0v) is 12.7. The number of ether oxygens (including phenoxy) is 1. The third-order valence-electron chi connectivity index (χ3n) is 2.73. The van der Waals surface area contributed by atoms with Gasteiger partial charge in [0, 0.05) is 5.75 Å². The number of thioether (sulfide) groups is 1. The second-order valence-corrected chi connectivity index (χ2v) is 5.41. The number of nitriles is 1. The number of alkyl halides is 3. The topological polar surface area (TPSA) is 83.2 Å². The van der Waals surface area contributed by atoms with Gasteiger partial charge < -0.3 is 9.84 Å². The molecule has 0 fully saturated rings. The molecule has 5 nitrogen and oxygen atoms in total. The Morgan fingerprint density at radius 1 is 1.25 bits per heavy atom. The van der Waals surface area contributed by atoms with Crippen LogP contribution < -0.4 is 4.74 Å².